The van der Waals surface area contributed by atoms with E-state index in [1.54, 1.807) is 0 Å². The quantitative estimate of drug-likeness (QED) is 0.541. The molecular weight excluding hydrogens is 120 g/mol. The molecule has 0 bridgehead atoms. The highest BCUT2D eigenvalue weighted by molar-refractivity contribution is 5.18. The molecule has 1 rings (SSSR count). The molecule has 0 nitrogen and oxygen atoms in total. The van der Waals surface area contributed by atoms with Crippen LogP contribution in [0.1, 0.15) is 12.5 Å². The first kappa shape index (κ1) is 7.07. The minimum absolute atomic E-state index is 0.945. The lowest BCUT2D eigenvalue weighted by molar-refractivity contribution is 1.15. The third-order valence-corrected chi connectivity index (χ3v) is 1.27. The molecule has 0 fully saturated rings. The van der Waals surface area contributed by atoms with Crippen molar-refractivity contribution in [1.82, 2.24) is 0 Å². The smallest absolute Gasteiger partial charge is 0.00664 e. The van der Waals surface area contributed by atoms with E-state index in [2.05, 4.69) is 18.7 Å². The van der Waals surface area contributed by atoms with Gasteiger partial charge in [-0.3, -0.25) is 0 Å². The van der Waals surface area contributed by atoms with Gasteiger partial charge in [-0.2, -0.15) is 0 Å². The van der Waals surface area contributed by atoms with E-state index in [4.69, 9.17) is 0 Å². The summed E-state index contributed by atoms with van der Waals surface area (Å²) in [6.07, 6.45) is 0.945. The van der Waals surface area contributed by atoms with E-state index < -0.39 is 0 Å². The Morgan fingerprint density at radius 3 is 2.90 bits per heavy atom. The fourth-order valence-corrected chi connectivity index (χ4v) is 0.866. The van der Waals surface area contributed by atoms with Crippen LogP contribution in [-0.2, 0) is 6.42 Å². The van der Waals surface area contributed by atoms with Gasteiger partial charge in [0.05, 0.1) is 0 Å². The summed E-state index contributed by atoms with van der Waals surface area (Å²) in [6.45, 7) is 5.86. The largest absolute Gasteiger partial charge is 0.0998 e. The predicted octanol–water partition coefficient (Wildman–Crippen LogP) is 2.61. The predicted molar refractivity (Wildman–Crippen MR) is 43.8 cm³/mol. The van der Waals surface area contributed by atoms with Crippen LogP contribution in [0.2, 0.25) is 0 Å². The first-order valence-electron chi connectivity index (χ1n) is 3.39. The highest BCUT2D eigenvalue weighted by Crippen LogP contribution is 2.03. The second-order valence-electron chi connectivity index (χ2n) is 2.52. The maximum Gasteiger partial charge on any atom is -0.00664 e. The van der Waals surface area contributed by atoms with Gasteiger partial charge in [-0.25, -0.2) is 0 Å². The molecule has 0 saturated heterocycles. The zero-order chi connectivity index (χ0) is 7.40. The highest BCUT2D eigenvalue weighted by atomic mass is 13.9. The van der Waals surface area contributed by atoms with E-state index in [-0.39, 0.29) is 0 Å². The van der Waals surface area contributed by atoms with Gasteiger partial charge in [0.15, 0.2) is 0 Å². The number of hydrogen-bond acceptors (Lipinski definition) is 0. The molecule has 0 aliphatic heterocycles. The van der Waals surface area contributed by atoms with E-state index in [0.717, 1.165) is 6.42 Å². The van der Waals surface area contributed by atoms with Gasteiger partial charge < -0.3 is 0 Å². The van der Waals surface area contributed by atoms with E-state index in [0.29, 0.717) is 0 Å². The molecule has 51 valence electrons. The number of allylic oxidation sites excluding steroid dienone is 1. The number of rotatable bonds is 2. The van der Waals surface area contributed by atoms with Crippen molar-refractivity contribution in [1.29, 1.82) is 0 Å². The summed E-state index contributed by atoms with van der Waals surface area (Å²) >= 11 is 0. The molecule has 0 saturated carbocycles. The molecule has 0 amide bonds. The average Bonchev–Trinajstić information content (AvgIpc) is 1.88. The normalized spacial score (nSPS) is 9.30. The van der Waals surface area contributed by atoms with Crippen LogP contribution < -0.4 is 0 Å². The molecular formula is C10H11. The lowest BCUT2D eigenvalue weighted by Crippen LogP contribution is -1.83. The third-order valence-electron chi connectivity index (χ3n) is 1.27. The number of hydrogen-bond donors (Lipinski definition) is 0. The van der Waals surface area contributed by atoms with E-state index in [1.807, 2.05) is 25.1 Å². The summed E-state index contributed by atoms with van der Waals surface area (Å²) in [6, 6.07) is 11.1. The second-order valence-corrected chi connectivity index (χ2v) is 2.52. The van der Waals surface area contributed by atoms with Crippen molar-refractivity contribution in [3.8, 4) is 0 Å². The van der Waals surface area contributed by atoms with Gasteiger partial charge in [0.25, 0.3) is 0 Å². The fourth-order valence-electron chi connectivity index (χ4n) is 0.866. The van der Waals surface area contributed by atoms with E-state index in [9.17, 15) is 0 Å². The third kappa shape index (κ3) is 2.06. The average molecular weight is 131 g/mol. The minimum atomic E-state index is 0.945. The van der Waals surface area contributed by atoms with Crippen molar-refractivity contribution in [3.63, 3.8) is 0 Å². The Balaban J connectivity index is 2.67. The van der Waals surface area contributed by atoms with Crippen LogP contribution in [0.25, 0.3) is 0 Å². The fraction of sp³-hybridized carbons (Fsp3) is 0.200. The Bertz CT molecular complexity index is 209. The molecule has 1 radical (unpaired) electrons. The first-order valence-corrected chi connectivity index (χ1v) is 3.39. The number of benzene rings is 1. The maximum atomic E-state index is 3.83. The van der Waals surface area contributed by atoms with Crippen LogP contribution in [-0.4, -0.2) is 0 Å². The molecule has 0 unspecified atom stereocenters. The lowest BCUT2D eigenvalue weighted by atomic mass is 10.1. The molecule has 0 aliphatic carbocycles. The van der Waals surface area contributed by atoms with E-state index in [1.165, 1.54) is 11.1 Å². The molecule has 10 heavy (non-hydrogen) atoms. The van der Waals surface area contributed by atoms with Gasteiger partial charge in [0, 0.05) is 0 Å². The van der Waals surface area contributed by atoms with Gasteiger partial charge in [0.1, 0.15) is 0 Å². The van der Waals surface area contributed by atoms with Crippen molar-refractivity contribution < 1.29 is 0 Å². The first-order chi connectivity index (χ1) is 4.79. The second kappa shape index (κ2) is 3.21. The molecule has 0 atom stereocenters. The summed E-state index contributed by atoms with van der Waals surface area (Å²) in [5, 5.41) is 0. The molecule has 1 aromatic rings. The molecule has 0 heterocycles. The zero-order valence-corrected chi connectivity index (χ0v) is 6.22. The van der Waals surface area contributed by atoms with Gasteiger partial charge in [0.2, 0.25) is 0 Å². The summed E-state index contributed by atoms with van der Waals surface area (Å²) < 4.78 is 0. The summed E-state index contributed by atoms with van der Waals surface area (Å²) in [7, 11) is 0. The summed E-state index contributed by atoms with van der Waals surface area (Å²) in [5.74, 6) is 0. The Morgan fingerprint density at radius 1 is 1.60 bits per heavy atom. The minimum Gasteiger partial charge on any atom is -0.0998 e. The zero-order valence-electron chi connectivity index (χ0n) is 6.22. The van der Waals surface area contributed by atoms with Crippen LogP contribution in [0, 0.1) is 6.07 Å². The molecule has 0 aliphatic rings. The molecule has 0 heteroatoms. The Morgan fingerprint density at radius 2 is 2.40 bits per heavy atom. The van der Waals surface area contributed by atoms with Crippen molar-refractivity contribution in [3.05, 3.63) is 48.0 Å². The molecule has 0 aromatic heterocycles. The molecule has 1 aromatic carbocycles. The molecule has 0 N–H and O–H groups in total. The van der Waals surface area contributed by atoms with Gasteiger partial charge >= 0.3 is 0 Å². The standard InChI is InChI=1S/C10H11/c1-9(2)8-10-6-4-3-5-7-10/h3-6H,1,8H2,2H3. The van der Waals surface area contributed by atoms with Crippen molar-refractivity contribution in [2.24, 2.45) is 0 Å². The van der Waals surface area contributed by atoms with Crippen LogP contribution in [0.3, 0.4) is 0 Å². The monoisotopic (exact) mass is 131 g/mol. The van der Waals surface area contributed by atoms with Gasteiger partial charge in [-0.15, -0.1) is 0 Å². The Labute approximate surface area is 62.2 Å². The summed E-state index contributed by atoms with van der Waals surface area (Å²) in [5.41, 5.74) is 2.40. The van der Waals surface area contributed by atoms with Gasteiger partial charge in [-0.1, -0.05) is 36.4 Å². The summed E-state index contributed by atoms with van der Waals surface area (Å²) in [4.78, 5) is 0. The van der Waals surface area contributed by atoms with Crippen LogP contribution in [0.5, 0.6) is 0 Å². The van der Waals surface area contributed by atoms with Crippen LogP contribution in [0.4, 0.5) is 0 Å². The molecule has 0 spiro atoms. The maximum absolute atomic E-state index is 3.83. The van der Waals surface area contributed by atoms with Gasteiger partial charge in [-0.05, 0) is 25.0 Å². The van der Waals surface area contributed by atoms with Crippen molar-refractivity contribution >= 4 is 0 Å². The topological polar surface area (TPSA) is 0 Å². The van der Waals surface area contributed by atoms with Crippen LogP contribution >= 0.6 is 0 Å². The Kier molecular flexibility index (Phi) is 2.27. The van der Waals surface area contributed by atoms with Crippen LogP contribution in [0.15, 0.2) is 36.4 Å². The van der Waals surface area contributed by atoms with Crippen molar-refractivity contribution in [2.75, 3.05) is 0 Å². The van der Waals surface area contributed by atoms with Crippen molar-refractivity contribution in [2.45, 2.75) is 13.3 Å². The highest BCUT2D eigenvalue weighted by Gasteiger charge is 1.89. The SMILES string of the molecule is C=C(C)Cc1[c]cccc1. The van der Waals surface area contributed by atoms with E-state index >= 15 is 0 Å². The lowest BCUT2D eigenvalue weighted by Gasteiger charge is -1.96. The Hall–Kier alpha value is -1.04.